The number of hydrogen-bond acceptors (Lipinski definition) is 8. The minimum absolute atomic E-state index is 0.0803. The van der Waals surface area contributed by atoms with Gasteiger partial charge in [0.15, 0.2) is 0 Å². The van der Waals surface area contributed by atoms with E-state index in [1.54, 1.807) is 24.0 Å². The Labute approximate surface area is 142 Å². The van der Waals surface area contributed by atoms with E-state index in [9.17, 15) is 10.1 Å². The lowest BCUT2D eigenvalue weighted by molar-refractivity contribution is -0.383. The second-order valence-corrected chi connectivity index (χ2v) is 5.37. The van der Waals surface area contributed by atoms with E-state index in [-0.39, 0.29) is 5.69 Å². The molecule has 0 fully saturated rings. The number of hydrogen-bond donors (Lipinski definition) is 0. The number of nitro groups is 1. The summed E-state index contributed by atoms with van der Waals surface area (Å²) in [4.78, 5) is 23.2. The zero-order chi connectivity index (χ0) is 17.9. The lowest BCUT2D eigenvalue weighted by atomic mass is 10.3. The number of ether oxygens (including phenoxy) is 2. The third-order valence-corrected chi connectivity index (χ3v) is 3.61. The van der Waals surface area contributed by atoms with Crippen LogP contribution in [-0.4, -0.2) is 69.0 Å². The molecule has 0 aromatic carbocycles. The Hall–Kier alpha value is -2.00. The summed E-state index contributed by atoms with van der Waals surface area (Å²) in [5.74, 6) is 0.626. The summed E-state index contributed by atoms with van der Waals surface area (Å²) in [5, 5.41) is 11.7. The van der Waals surface area contributed by atoms with Crippen molar-refractivity contribution in [2.24, 2.45) is 0 Å². The van der Waals surface area contributed by atoms with Crippen LogP contribution in [0.15, 0.2) is 6.33 Å². The van der Waals surface area contributed by atoms with Crippen LogP contribution in [0.3, 0.4) is 0 Å². The van der Waals surface area contributed by atoms with E-state index in [4.69, 9.17) is 9.47 Å². The van der Waals surface area contributed by atoms with Crippen molar-refractivity contribution >= 4 is 17.3 Å². The Morgan fingerprint density at radius 3 is 2.21 bits per heavy atom. The molecule has 0 atom stereocenters. The molecule has 0 radical (unpaired) electrons. The van der Waals surface area contributed by atoms with E-state index in [1.165, 1.54) is 6.33 Å². The van der Waals surface area contributed by atoms with Crippen molar-refractivity contribution in [3.8, 4) is 0 Å². The quantitative estimate of drug-likeness (QED) is 0.419. The van der Waals surface area contributed by atoms with E-state index in [1.807, 2.05) is 7.05 Å². The van der Waals surface area contributed by atoms with Crippen LogP contribution in [-0.2, 0) is 9.47 Å². The molecular weight excluding hydrogens is 314 g/mol. The van der Waals surface area contributed by atoms with Crippen LogP contribution in [0.25, 0.3) is 0 Å². The summed E-state index contributed by atoms with van der Waals surface area (Å²) < 4.78 is 10.2. The van der Waals surface area contributed by atoms with Gasteiger partial charge in [-0.2, -0.15) is 0 Å². The van der Waals surface area contributed by atoms with Crippen molar-refractivity contribution < 1.29 is 14.4 Å². The van der Waals surface area contributed by atoms with Gasteiger partial charge in [-0.05, 0) is 6.42 Å². The van der Waals surface area contributed by atoms with Crippen LogP contribution in [0, 0.1) is 10.1 Å². The molecule has 0 saturated carbocycles. The maximum atomic E-state index is 11.7. The smallest absolute Gasteiger partial charge is 0.353 e. The zero-order valence-electron chi connectivity index (χ0n) is 14.9. The van der Waals surface area contributed by atoms with Gasteiger partial charge < -0.3 is 19.3 Å². The lowest BCUT2D eigenvalue weighted by Crippen LogP contribution is -2.32. The minimum Gasteiger partial charge on any atom is -0.383 e. The highest BCUT2D eigenvalue weighted by Crippen LogP contribution is 2.33. The molecule has 0 saturated heterocycles. The second kappa shape index (κ2) is 10.7. The standard InChI is InChI=1S/C15H27N5O4/c1-5-6-7-18(2)14-13(20(21)22)15(17-12-16-14)19(8-10-23-3)9-11-24-4/h12H,5-11H2,1-4H3. The van der Waals surface area contributed by atoms with Crippen molar-refractivity contribution in [3.63, 3.8) is 0 Å². The van der Waals surface area contributed by atoms with Crippen LogP contribution in [0.4, 0.5) is 17.3 Å². The SMILES string of the molecule is CCCCN(C)c1ncnc(N(CCOC)CCOC)c1[N+](=O)[O-]. The fraction of sp³-hybridized carbons (Fsp3) is 0.733. The van der Waals surface area contributed by atoms with Crippen molar-refractivity contribution in [2.75, 3.05) is 63.9 Å². The molecule has 0 aliphatic rings. The van der Waals surface area contributed by atoms with Gasteiger partial charge in [-0.25, -0.2) is 9.97 Å². The predicted octanol–water partition coefficient (Wildman–Crippen LogP) is 1.72. The molecule has 24 heavy (non-hydrogen) atoms. The Morgan fingerprint density at radius 2 is 1.71 bits per heavy atom. The molecule has 9 heteroatoms. The first-order chi connectivity index (χ1) is 11.6. The van der Waals surface area contributed by atoms with E-state index < -0.39 is 4.92 Å². The number of anilines is 2. The predicted molar refractivity (Wildman–Crippen MR) is 92.8 cm³/mol. The van der Waals surface area contributed by atoms with E-state index in [2.05, 4.69) is 16.9 Å². The Kier molecular flexibility index (Phi) is 8.95. The van der Waals surface area contributed by atoms with E-state index >= 15 is 0 Å². The Balaban J connectivity index is 3.20. The van der Waals surface area contributed by atoms with Crippen molar-refractivity contribution in [3.05, 3.63) is 16.4 Å². The first-order valence-electron chi connectivity index (χ1n) is 8.00. The highest BCUT2D eigenvalue weighted by Gasteiger charge is 2.28. The molecule has 0 aliphatic heterocycles. The highest BCUT2D eigenvalue weighted by atomic mass is 16.6. The summed E-state index contributed by atoms with van der Waals surface area (Å²) in [6, 6.07) is 0. The molecule has 1 aromatic rings. The maximum absolute atomic E-state index is 11.7. The Morgan fingerprint density at radius 1 is 1.12 bits per heavy atom. The molecule has 0 unspecified atom stereocenters. The summed E-state index contributed by atoms with van der Waals surface area (Å²) in [5.41, 5.74) is -0.0803. The van der Waals surface area contributed by atoms with Gasteiger partial charge in [0.2, 0.25) is 11.6 Å². The van der Waals surface area contributed by atoms with Gasteiger partial charge in [-0.1, -0.05) is 13.3 Å². The molecule has 0 amide bonds. The van der Waals surface area contributed by atoms with Gasteiger partial charge in [-0.3, -0.25) is 10.1 Å². The highest BCUT2D eigenvalue weighted by molar-refractivity contribution is 5.71. The van der Waals surface area contributed by atoms with Crippen molar-refractivity contribution in [1.82, 2.24) is 9.97 Å². The molecule has 0 bridgehead atoms. The summed E-state index contributed by atoms with van der Waals surface area (Å²) in [7, 11) is 4.99. The molecular formula is C15H27N5O4. The van der Waals surface area contributed by atoms with Crippen LogP contribution in [0.2, 0.25) is 0 Å². The summed E-state index contributed by atoms with van der Waals surface area (Å²) >= 11 is 0. The summed E-state index contributed by atoms with van der Waals surface area (Å²) in [6.07, 6.45) is 3.31. The first kappa shape index (κ1) is 20.0. The molecule has 0 N–H and O–H groups in total. The maximum Gasteiger partial charge on any atom is 0.353 e. The van der Waals surface area contributed by atoms with Gasteiger partial charge in [0.25, 0.3) is 0 Å². The zero-order valence-corrected chi connectivity index (χ0v) is 14.9. The van der Waals surface area contributed by atoms with Gasteiger partial charge >= 0.3 is 5.69 Å². The van der Waals surface area contributed by atoms with Gasteiger partial charge in [0.1, 0.15) is 6.33 Å². The van der Waals surface area contributed by atoms with E-state index in [0.29, 0.717) is 44.5 Å². The monoisotopic (exact) mass is 341 g/mol. The average molecular weight is 341 g/mol. The molecule has 1 rings (SSSR count). The molecule has 136 valence electrons. The van der Waals surface area contributed by atoms with Gasteiger partial charge in [0.05, 0.1) is 18.1 Å². The topological polar surface area (TPSA) is 93.9 Å². The van der Waals surface area contributed by atoms with Crippen LogP contribution in [0.5, 0.6) is 0 Å². The number of aromatic nitrogens is 2. The number of methoxy groups -OCH3 is 2. The van der Waals surface area contributed by atoms with Gasteiger partial charge in [-0.15, -0.1) is 0 Å². The number of unbranched alkanes of at least 4 members (excludes halogenated alkanes) is 1. The van der Waals surface area contributed by atoms with Crippen molar-refractivity contribution in [2.45, 2.75) is 19.8 Å². The fourth-order valence-electron chi connectivity index (χ4n) is 2.26. The Bertz CT molecular complexity index is 507. The summed E-state index contributed by atoms with van der Waals surface area (Å²) in [6.45, 7) is 4.61. The van der Waals surface area contributed by atoms with Crippen molar-refractivity contribution in [1.29, 1.82) is 0 Å². The first-order valence-corrected chi connectivity index (χ1v) is 8.00. The minimum atomic E-state index is -0.417. The molecule has 0 spiro atoms. The second-order valence-electron chi connectivity index (χ2n) is 5.37. The fourth-order valence-corrected chi connectivity index (χ4v) is 2.26. The molecule has 1 aromatic heterocycles. The molecule has 9 nitrogen and oxygen atoms in total. The van der Waals surface area contributed by atoms with Crippen LogP contribution < -0.4 is 9.80 Å². The normalized spacial score (nSPS) is 10.7. The van der Waals surface area contributed by atoms with Crippen LogP contribution >= 0.6 is 0 Å². The molecule has 0 aliphatic carbocycles. The molecule has 1 heterocycles. The third-order valence-electron chi connectivity index (χ3n) is 3.61. The average Bonchev–Trinajstić information content (AvgIpc) is 2.59. The van der Waals surface area contributed by atoms with E-state index in [0.717, 1.165) is 12.8 Å². The lowest BCUT2D eigenvalue weighted by Gasteiger charge is -2.24. The number of nitrogens with zero attached hydrogens (tertiary/aromatic N) is 5. The van der Waals surface area contributed by atoms with Gasteiger partial charge in [0, 0.05) is 40.9 Å². The number of rotatable bonds is 12. The van der Waals surface area contributed by atoms with Crippen LogP contribution in [0.1, 0.15) is 19.8 Å². The third kappa shape index (κ3) is 5.57. The largest absolute Gasteiger partial charge is 0.383 e.